The molecule has 0 bridgehead atoms. The molecule has 0 aliphatic carbocycles. The minimum atomic E-state index is -1.40. The number of nitrogens with zero attached hydrogens (tertiary/aromatic N) is 3. The fourth-order valence-corrected chi connectivity index (χ4v) is 2.80. The molecule has 130 valence electrons. The summed E-state index contributed by atoms with van der Waals surface area (Å²) >= 11 is 3.31. The van der Waals surface area contributed by atoms with Gasteiger partial charge in [0.05, 0.1) is 4.47 Å². The summed E-state index contributed by atoms with van der Waals surface area (Å²) in [6, 6.07) is 10.6. The van der Waals surface area contributed by atoms with Gasteiger partial charge < -0.3 is 9.84 Å². The number of rotatable bonds is 7. The van der Waals surface area contributed by atoms with Crippen molar-refractivity contribution in [3.05, 3.63) is 74.3 Å². The first-order chi connectivity index (χ1) is 11.9. The molecule has 0 saturated heterocycles. The third-order valence-electron chi connectivity index (χ3n) is 3.68. The molecule has 6 nitrogen and oxygen atoms in total. The zero-order chi connectivity index (χ0) is 18.4. The van der Waals surface area contributed by atoms with Crippen LogP contribution in [0.2, 0.25) is 0 Å². The van der Waals surface area contributed by atoms with Crippen molar-refractivity contribution in [3.8, 4) is 5.75 Å². The molecule has 0 spiro atoms. The zero-order valence-electron chi connectivity index (χ0n) is 13.3. The van der Waals surface area contributed by atoms with E-state index in [1.807, 2.05) is 30.3 Å². The lowest BCUT2D eigenvalue weighted by atomic mass is 9.93. The quantitative estimate of drug-likeness (QED) is 0.395. The van der Waals surface area contributed by atoms with Crippen molar-refractivity contribution in [2.45, 2.75) is 25.5 Å². The molecule has 2 atom stereocenters. The average Bonchev–Trinajstić information content (AvgIpc) is 2.60. The highest BCUT2D eigenvalue weighted by Crippen LogP contribution is 2.34. The lowest BCUT2D eigenvalue weighted by molar-refractivity contribution is -0.138. The summed E-state index contributed by atoms with van der Waals surface area (Å²) in [6.45, 7) is 1.76. The topological polar surface area (TPSA) is 95.3 Å². The van der Waals surface area contributed by atoms with Crippen molar-refractivity contribution < 1.29 is 19.0 Å². The third-order valence-corrected chi connectivity index (χ3v) is 4.30. The van der Waals surface area contributed by atoms with Gasteiger partial charge in [0.25, 0.3) is 0 Å². The van der Waals surface area contributed by atoms with E-state index in [0.29, 0.717) is 10.2 Å². The number of aliphatic carboxylic acids is 1. The van der Waals surface area contributed by atoms with Gasteiger partial charge in [0, 0.05) is 16.9 Å². The van der Waals surface area contributed by atoms with E-state index < -0.39 is 23.7 Å². The molecule has 25 heavy (non-hydrogen) atoms. The molecule has 0 aromatic heterocycles. The Morgan fingerprint density at radius 2 is 2.08 bits per heavy atom. The van der Waals surface area contributed by atoms with Crippen LogP contribution in [0.1, 0.15) is 24.0 Å². The Labute approximate surface area is 152 Å². The molecule has 0 heterocycles. The molecule has 0 fully saturated rings. The number of hydrogen-bond donors (Lipinski definition) is 1. The normalized spacial score (nSPS) is 12.8. The van der Waals surface area contributed by atoms with Crippen LogP contribution in [0.15, 0.2) is 52.1 Å². The Kier molecular flexibility index (Phi) is 6.38. The first-order valence-electron chi connectivity index (χ1n) is 7.36. The average molecular weight is 408 g/mol. The maximum absolute atomic E-state index is 14.4. The summed E-state index contributed by atoms with van der Waals surface area (Å²) < 4.78 is 20.5. The maximum Gasteiger partial charge on any atom is 0.313 e. The van der Waals surface area contributed by atoms with E-state index in [1.54, 1.807) is 0 Å². The lowest BCUT2D eigenvalue weighted by Gasteiger charge is -2.18. The Balaban J connectivity index is 2.24. The molecule has 0 saturated carbocycles. The van der Waals surface area contributed by atoms with E-state index in [2.05, 4.69) is 26.0 Å². The van der Waals surface area contributed by atoms with Crippen LogP contribution in [0.25, 0.3) is 10.4 Å². The van der Waals surface area contributed by atoms with Crippen LogP contribution in [-0.2, 0) is 11.4 Å². The van der Waals surface area contributed by atoms with Crippen LogP contribution in [0.3, 0.4) is 0 Å². The summed E-state index contributed by atoms with van der Waals surface area (Å²) in [5, 5.41) is 12.4. The summed E-state index contributed by atoms with van der Waals surface area (Å²) in [5.74, 6) is -2.48. The van der Waals surface area contributed by atoms with Crippen molar-refractivity contribution >= 4 is 21.9 Å². The molecule has 2 aromatic carbocycles. The molecule has 2 rings (SSSR count). The molecule has 0 amide bonds. The number of carboxylic acid groups (broad SMARTS) is 1. The minimum absolute atomic E-state index is 0.124. The van der Waals surface area contributed by atoms with Crippen LogP contribution in [-0.4, -0.2) is 17.1 Å². The van der Waals surface area contributed by atoms with Gasteiger partial charge in [0.2, 0.25) is 0 Å². The number of hydrogen-bond acceptors (Lipinski definition) is 3. The second-order valence-electron chi connectivity index (χ2n) is 5.36. The van der Waals surface area contributed by atoms with Gasteiger partial charge in [-0.05, 0) is 38.7 Å². The summed E-state index contributed by atoms with van der Waals surface area (Å²) in [7, 11) is 0. The highest BCUT2D eigenvalue weighted by Gasteiger charge is 2.27. The van der Waals surface area contributed by atoms with E-state index in [4.69, 9.17) is 15.4 Å². The predicted molar refractivity (Wildman–Crippen MR) is 93.9 cm³/mol. The maximum atomic E-state index is 14.4. The van der Waals surface area contributed by atoms with E-state index in [1.165, 1.54) is 19.1 Å². The summed E-state index contributed by atoms with van der Waals surface area (Å²) in [5.41, 5.74) is 9.56. The van der Waals surface area contributed by atoms with Gasteiger partial charge in [-0.2, -0.15) is 0 Å². The van der Waals surface area contributed by atoms with Gasteiger partial charge in [-0.3, -0.25) is 4.79 Å². The van der Waals surface area contributed by atoms with Gasteiger partial charge in [0.15, 0.2) is 0 Å². The first-order valence-corrected chi connectivity index (χ1v) is 8.16. The first kappa shape index (κ1) is 18.8. The smallest absolute Gasteiger partial charge is 0.313 e. The molecular formula is C17H15BrFN3O3. The third kappa shape index (κ3) is 4.71. The van der Waals surface area contributed by atoms with E-state index in [9.17, 15) is 9.18 Å². The number of carbonyl (C=O) groups is 1. The van der Waals surface area contributed by atoms with Gasteiger partial charge >= 0.3 is 5.97 Å². The Hall–Kier alpha value is -2.57. The van der Waals surface area contributed by atoms with Crippen molar-refractivity contribution in [1.29, 1.82) is 0 Å². The van der Waals surface area contributed by atoms with E-state index in [0.717, 1.165) is 5.56 Å². The number of ether oxygens (including phenoxy) is 1. The molecule has 1 N–H and O–H groups in total. The monoisotopic (exact) mass is 407 g/mol. The van der Waals surface area contributed by atoms with E-state index >= 15 is 0 Å². The summed E-state index contributed by atoms with van der Waals surface area (Å²) in [6.07, 6.45) is 0. The highest BCUT2D eigenvalue weighted by atomic mass is 79.9. The van der Waals surface area contributed by atoms with Gasteiger partial charge in [-0.25, -0.2) is 4.39 Å². The number of benzene rings is 2. The second-order valence-corrected chi connectivity index (χ2v) is 6.21. The molecule has 0 aliphatic rings. The predicted octanol–water partition coefficient (Wildman–Crippen LogP) is 5.03. The lowest BCUT2D eigenvalue weighted by Crippen LogP contribution is -2.24. The minimum Gasteiger partial charge on any atom is -0.488 e. The molecule has 0 radical (unpaired) electrons. The van der Waals surface area contributed by atoms with Crippen molar-refractivity contribution in [3.63, 3.8) is 0 Å². The SMILES string of the molecule is CC(c1cc(Br)c(OCc2ccccc2)cc1F)C(N=[N+]=[N-])C(=O)O. The summed E-state index contributed by atoms with van der Waals surface area (Å²) in [4.78, 5) is 13.7. The Morgan fingerprint density at radius 3 is 2.68 bits per heavy atom. The Bertz CT molecular complexity index is 808. The molecule has 8 heteroatoms. The van der Waals surface area contributed by atoms with Crippen LogP contribution >= 0.6 is 15.9 Å². The van der Waals surface area contributed by atoms with E-state index in [-0.39, 0.29) is 12.2 Å². The number of halogens is 2. The van der Waals surface area contributed by atoms with Crippen LogP contribution in [0, 0.1) is 5.82 Å². The zero-order valence-corrected chi connectivity index (χ0v) is 14.9. The van der Waals surface area contributed by atoms with Crippen LogP contribution in [0.4, 0.5) is 4.39 Å². The molecule has 2 unspecified atom stereocenters. The molecular weight excluding hydrogens is 393 g/mol. The highest BCUT2D eigenvalue weighted by molar-refractivity contribution is 9.10. The molecule has 2 aromatic rings. The van der Waals surface area contributed by atoms with Crippen molar-refractivity contribution in [2.75, 3.05) is 0 Å². The molecule has 0 aliphatic heterocycles. The van der Waals surface area contributed by atoms with Crippen LogP contribution < -0.4 is 4.74 Å². The second kappa shape index (κ2) is 8.50. The number of azide groups is 1. The largest absolute Gasteiger partial charge is 0.488 e. The van der Waals surface area contributed by atoms with Gasteiger partial charge in [-0.15, -0.1) is 0 Å². The van der Waals surface area contributed by atoms with Gasteiger partial charge in [0.1, 0.15) is 24.2 Å². The van der Waals surface area contributed by atoms with Crippen molar-refractivity contribution in [2.24, 2.45) is 5.11 Å². The van der Waals surface area contributed by atoms with Crippen molar-refractivity contribution in [1.82, 2.24) is 0 Å². The fourth-order valence-electron chi connectivity index (χ4n) is 2.33. The Morgan fingerprint density at radius 1 is 1.40 bits per heavy atom. The number of carboxylic acids is 1. The standard InChI is InChI=1S/C17H15BrFN3O3/c1-10(16(17(23)24)21-22-20)12-7-13(18)15(8-14(12)19)25-9-11-5-3-2-4-6-11/h2-8,10,16H,9H2,1H3,(H,23,24). The fraction of sp³-hybridized carbons (Fsp3) is 0.235. The van der Waals surface area contributed by atoms with Crippen LogP contribution in [0.5, 0.6) is 5.75 Å². The van der Waals surface area contributed by atoms with Gasteiger partial charge in [-0.1, -0.05) is 42.4 Å².